The van der Waals surface area contributed by atoms with E-state index >= 15 is 0 Å². The minimum Gasteiger partial charge on any atom is -0.497 e. The van der Waals surface area contributed by atoms with E-state index < -0.39 is 0 Å². The van der Waals surface area contributed by atoms with Crippen molar-refractivity contribution in [3.8, 4) is 11.5 Å². The van der Waals surface area contributed by atoms with Crippen molar-refractivity contribution >= 4 is 28.1 Å². The van der Waals surface area contributed by atoms with Crippen LogP contribution in [-0.4, -0.2) is 30.4 Å². The highest BCUT2D eigenvalue weighted by atomic mass is 79.9. The quantitative estimate of drug-likeness (QED) is 0.671. The van der Waals surface area contributed by atoms with Gasteiger partial charge < -0.3 is 9.47 Å². The van der Waals surface area contributed by atoms with Crippen molar-refractivity contribution in [3.63, 3.8) is 0 Å². The molecule has 1 aromatic heterocycles. The minimum absolute atomic E-state index is 0.414. The van der Waals surface area contributed by atoms with Crippen LogP contribution in [-0.2, 0) is 0 Å². The van der Waals surface area contributed by atoms with Crippen LogP contribution in [0.3, 0.4) is 0 Å². The predicted octanol–water partition coefficient (Wildman–Crippen LogP) is 2.70. The molecule has 0 saturated heterocycles. The first kappa shape index (κ1) is 14.3. The summed E-state index contributed by atoms with van der Waals surface area (Å²) in [4.78, 5) is 8.09. The zero-order chi connectivity index (χ0) is 14.4. The molecule has 104 valence electrons. The molecule has 0 aliphatic carbocycles. The van der Waals surface area contributed by atoms with Crippen LogP contribution in [0.25, 0.3) is 0 Å². The Kier molecular flexibility index (Phi) is 4.89. The minimum atomic E-state index is 0.414. The van der Waals surface area contributed by atoms with Gasteiger partial charge in [0.05, 0.1) is 24.9 Å². The number of methoxy groups -OCH3 is 2. The van der Waals surface area contributed by atoms with Crippen LogP contribution in [0.15, 0.2) is 40.2 Å². The molecule has 0 aliphatic heterocycles. The molecular formula is C13H13BrN4O2. The van der Waals surface area contributed by atoms with Crippen LogP contribution in [0.1, 0.15) is 5.56 Å². The molecule has 0 atom stereocenters. The monoisotopic (exact) mass is 336 g/mol. The highest BCUT2D eigenvalue weighted by Crippen LogP contribution is 2.23. The summed E-state index contributed by atoms with van der Waals surface area (Å²) in [6.07, 6.45) is 4.90. The van der Waals surface area contributed by atoms with Crippen LogP contribution >= 0.6 is 15.9 Å². The Morgan fingerprint density at radius 1 is 1.20 bits per heavy atom. The van der Waals surface area contributed by atoms with Gasteiger partial charge in [-0.05, 0) is 28.1 Å². The summed E-state index contributed by atoms with van der Waals surface area (Å²) >= 11 is 3.26. The lowest BCUT2D eigenvalue weighted by molar-refractivity contribution is 0.394. The molecule has 0 unspecified atom stereocenters. The van der Waals surface area contributed by atoms with Gasteiger partial charge in [-0.2, -0.15) is 5.10 Å². The van der Waals surface area contributed by atoms with Gasteiger partial charge in [-0.25, -0.2) is 15.4 Å². The molecule has 6 nitrogen and oxygen atoms in total. The van der Waals surface area contributed by atoms with Gasteiger partial charge in [-0.3, -0.25) is 0 Å². The summed E-state index contributed by atoms with van der Waals surface area (Å²) in [6.45, 7) is 0. The highest BCUT2D eigenvalue weighted by molar-refractivity contribution is 9.10. The standard InChI is InChI=1S/C13H13BrN4O2/c1-19-11-4-3-9(12(5-11)20-2)6-17-18-13-15-7-10(14)8-16-13/h3-8H,1-2H3,(H,15,16,18). The number of hydrazone groups is 1. The molecule has 20 heavy (non-hydrogen) atoms. The van der Waals surface area contributed by atoms with E-state index in [0.717, 1.165) is 15.8 Å². The van der Waals surface area contributed by atoms with Gasteiger partial charge in [0.2, 0.25) is 5.95 Å². The Balaban J connectivity index is 2.09. The van der Waals surface area contributed by atoms with E-state index in [1.54, 1.807) is 38.9 Å². The third-order valence-corrected chi connectivity index (χ3v) is 2.84. The summed E-state index contributed by atoms with van der Waals surface area (Å²) in [5, 5.41) is 4.07. The zero-order valence-electron chi connectivity index (χ0n) is 11.0. The van der Waals surface area contributed by atoms with Crippen molar-refractivity contribution in [2.45, 2.75) is 0 Å². The SMILES string of the molecule is COc1ccc(C=NNc2ncc(Br)cn2)c(OC)c1. The lowest BCUT2D eigenvalue weighted by Gasteiger charge is -2.06. The van der Waals surface area contributed by atoms with Crippen LogP contribution < -0.4 is 14.9 Å². The van der Waals surface area contributed by atoms with E-state index in [9.17, 15) is 0 Å². The van der Waals surface area contributed by atoms with Gasteiger partial charge in [0.1, 0.15) is 11.5 Å². The maximum Gasteiger partial charge on any atom is 0.243 e. The van der Waals surface area contributed by atoms with E-state index in [1.807, 2.05) is 12.1 Å². The third kappa shape index (κ3) is 3.67. The summed E-state index contributed by atoms with van der Waals surface area (Å²) in [6, 6.07) is 5.47. The van der Waals surface area contributed by atoms with E-state index in [-0.39, 0.29) is 0 Å². The maximum atomic E-state index is 5.27. The van der Waals surface area contributed by atoms with Crippen molar-refractivity contribution in [2.75, 3.05) is 19.6 Å². The second-order valence-corrected chi connectivity index (χ2v) is 4.62. The maximum absolute atomic E-state index is 5.27. The summed E-state index contributed by atoms with van der Waals surface area (Å²) in [5.74, 6) is 1.81. The molecule has 1 heterocycles. The number of ether oxygens (including phenoxy) is 2. The fourth-order valence-corrected chi connectivity index (χ4v) is 1.66. The molecule has 1 aromatic carbocycles. The number of benzene rings is 1. The lowest BCUT2D eigenvalue weighted by Crippen LogP contribution is -1.97. The largest absolute Gasteiger partial charge is 0.497 e. The summed E-state index contributed by atoms with van der Waals surface area (Å²) in [7, 11) is 3.20. The number of rotatable bonds is 5. The lowest BCUT2D eigenvalue weighted by atomic mass is 10.2. The number of nitrogens with one attached hydrogen (secondary N) is 1. The van der Waals surface area contributed by atoms with Gasteiger partial charge in [-0.1, -0.05) is 0 Å². The molecule has 2 rings (SSSR count). The Bertz CT molecular complexity index is 602. The Hall–Kier alpha value is -2.15. The molecule has 0 bridgehead atoms. The first-order chi connectivity index (χ1) is 9.72. The second kappa shape index (κ2) is 6.85. The van der Waals surface area contributed by atoms with Crippen molar-refractivity contribution < 1.29 is 9.47 Å². The van der Waals surface area contributed by atoms with Crippen LogP contribution in [0.4, 0.5) is 5.95 Å². The number of aromatic nitrogens is 2. The first-order valence-corrected chi connectivity index (χ1v) is 6.51. The second-order valence-electron chi connectivity index (χ2n) is 3.70. The van der Waals surface area contributed by atoms with Gasteiger partial charge in [-0.15, -0.1) is 0 Å². The number of hydrogen-bond acceptors (Lipinski definition) is 6. The molecule has 0 saturated carbocycles. The number of halogens is 1. The first-order valence-electron chi connectivity index (χ1n) is 5.71. The predicted molar refractivity (Wildman–Crippen MR) is 80.5 cm³/mol. The third-order valence-electron chi connectivity index (χ3n) is 2.43. The average Bonchev–Trinajstić information content (AvgIpc) is 2.49. The van der Waals surface area contributed by atoms with E-state index in [0.29, 0.717) is 11.7 Å². The average molecular weight is 337 g/mol. The molecule has 0 fully saturated rings. The van der Waals surface area contributed by atoms with Crippen molar-refractivity contribution in [1.29, 1.82) is 0 Å². The van der Waals surface area contributed by atoms with Gasteiger partial charge in [0, 0.05) is 24.0 Å². The van der Waals surface area contributed by atoms with Gasteiger partial charge in [0.15, 0.2) is 0 Å². The topological polar surface area (TPSA) is 68.6 Å². The molecule has 0 radical (unpaired) electrons. The van der Waals surface area contributed by atoms with E-state index in [1.165, 1.54) is 0 Å². The number of hydrogen-bond donors (Lipinski definition) is 1. The number of anilines is 1. The fraction of sp³-hybridized carbons (Fsp3) is 0.154. The Labute approximate surface area is 125 Å². The van der Waals surface area contributed by atoms with Crippen LogP contribution in [0.2, 0.25) is 0 Å². The summed E-state index contributed by atoms with van der Waals surface area (Å²) in [5.41, 5.74) is 3.56. The summed E-state index contributed by atoms with van der Waals surface area (Å²) < 4.78 is 11.2. The normalized spacial score (nSPS) is 10.6. The van der Waals surface area contributed by atoms with Gasteiger partial charge in [0.25, 0.3) is 0 Å². The number of nitrogens with zero attached hydrogens (tertiary/aromatic N) is 3. The molecule has 0 spiro atoms. The molecule has 0 amide bonds. The Morgan fingerprint density at radius 2 is 1.95 bits per heavy atom. The van der Waals surface area contributed by atoms with Crippen molar-refractivity contribution in [1.82, 2.24) is 9.97 Å². The smallest absolute Gasteiger partial charge is 0.243 e. The zero-order valence-corrected chi connectivity index (χ0v) is 12.6. The highest BCUT2D eigenvalue weighted by Gasteiger charge is 2.02. The van der Waals surface area contributed by atoms with Crippen LogP contribution in [0, 0.1) is 0 Å². The van der Waals surface area contributed by atoms with Crippen molar-refractivity contribution in [3.05, 3.63) is 40.6 Å². The van der Waals surface area contributed by atoms with Crippen LogP contribution in [0.5, 0.6) is 11.5 Å². The molecule has 2 aromatic rings. The molecule has 7 heteroatoms. The molecule has 0 aliphatic rings. The fourth-order valence-electron chi connectivity index (χ4n) is 1.45. The molecular weight excluding hydrogens is 324 g/mol. The Morgan fingerprint density at radius 3 is 2.60 bits per heavy atom. The molecule has 1 N–H and O–H groups in total. The van der Waals surface area contributed by atoms with E-state index in [2.05, 4.69) is 36.4 Å². The van der Waals surface area contributed by atoms with Crippen molar-refractivity contribution in [2.24, 2.45) is 5.10 Å². The van der Waals surface area contributed by atoms with E-state index in [4.69, 9.17) is 9.47 Å². The van der Waals surface area contributed by atoms with Gasteiger partial charge >= 0.3 is 0 Å².